The second-order valence-electron chi connectivity index (χ2n) is 4.36. The van der Waals surface area contributed by atoms with Crippen LogP contribution in [0.3, 0.4) is 0 Å². The van der Waals surface area contributed by atoms with Crippen molar-refractivity contribution in [1.29, 1.82) is 0 Å². The van der Waals surface area contributed by atoms with Crippen molar-refractivity contribution >= 4 is 21.6 Å². The third-order valence-corrected chi connectivity index (χ3v) is 3.99. The molecule has 4 N–H and O–H groups in total. The topological polar surface area (TPSA) is 101 Å². The third-order valence-electron chi connectivity index (χ3n) is 2.63. The minimum Gasteiger partial charge on any atom is -0.351 e. The molecule has 0 saturated heterocycles. The molecule has 0 spiro atoms. The molecule has 1 amide bonds. The molecule has 1 aromatic rings. The summed E-state index contributed by atoms with van der Waals surface area (Å²) in [5, 5.41) is 2.62. The van der Waals surface area contributed by atoms with E-state index in [1.807, 2.05) is 6.92 Å². The molecule has 0 bridgehead atoms. The molecule has 1 aromatic carbocycles. The number of rotatable bonds is 8. The first-order chi connectivity index (χ1) is 9.50. The van der Waals surface area contributed by atoms with Gasteiger partial charge in [-0.15, -0.1) is 0 Å². The zero-order valence-electron chi connectivity index (χ0n) is 11.6. The lowest BCUT2D eigenvalue weighted by Gasteiger charge is -2.12. The normalized spacial score (nSPS) is 11.1. The van der Waals surface area contributed by atoms with E-state index in [1.165, 1.54) is 0 Å². The molecule has 7 heteroatoms. The molecule has 0 aliphatic carbocycles. The molecule has 0 atom stereocenters. The number of hydrogen-bond donors (Lipinski definition) is 3. The summed E-state index contributed by atoms with van der Waals surface area (Å²) in [5.41, 5.74) is 5.91. The van der Waals surface area contributed by atoms with E-state index >= 15 is 0 Å². The Morgan fingerprint density at radius 3 is 2.65 bits per heavy atom. The number of nitrogens with one attached hydrogen (secondary N) is 2. The van der Waals surface area contributed by atoms with Crippen LogP contribution < -0.4 is 15.8 Å². The van der Waals surface area contributed by atoms with E-state index in [2.05, 4.69) is 10.0 Å². The van der Waals surface area contributed by atoms with Gasteiger partial charge in [-0.05, 0) is 18.6 Å². The van der Waals surface area contributed by atoms with E-state index in [-0.39, 0.29) is 17.3 Å². The number of unbranched alkanes of at least 4 members (excludes halogenated alkanes) is 1. The fourth-order valence-corrected chi connectivity index (χ4v) is 2.89. The molecule has 6 nitrogen and oxygen atoms in total. The number of hydrogen-bond acceptors (Lipinski definition) is 4. The van der Waals surface area contributed by atoms with Crippen molar-refractivity contribution in [2.24, 2.45) is 5.73 Å². The average molecular weight is 299 g/mol. The van der Waals surface area contributed by atoms with Crippen LogP contribution in [0.4, 0.5) is 5.69 Å². The Labute approximate surface area is 119 Å². The van der Waals surface area contributed by atoms with Crippen molar-refractivity contribution in [3.05, 3.63) is 29.8 Å². The molecule has 0 heterocycles. The predicted molar refractivity (Wildman–Crippen MR) is 80.1 cm³/mol. The molecule has 0 fully saturated rings. The van der Waals surface area contributed by atoms with Crippen molar-refractivity contribution in [1.82, 2.24) is 5.32 Å². The summed E-state index contributed by atoms with van der Waals surface area (Å²) in [6.07, 6.45) is 1.37. The van der Waals surface area contributed by atoms with Crippen molar-refractivity contribution in [2.75, 3.05) is 23.6 Å². The van der Waals surface area contributed by atoms with Gasteiger partial charge in [-0.2, -0.15) is 0 Å². The Morgan fingerprint density at radius 2 is 2.00 bits per heavy atom. The molecule has 0 radical (unpaired) electrons. The van der Waals surface area contributed by atoms with Gasteiger partial charge in [-0.1, -0.05) is 25.5 Å². The Hall–Kier alpha value is -1.60. The summed E-state index contributed by atoms with van der Waals surface area (Å²) < 4.78 is 26.2. The molecule has 20 heavy (non-hydrogen) atoms. The van der Waals surface area contributed by atoms with E-state index in [1.54, 1.807) is 24.3 Å². The molecular weight excluding hydrogens is 278 g/mol. The fourth-order valence-electron chi connectivity index (χ4n) is 1.60. The minimum absolute atomic E-state index is 0.0439. The van der Waals surface area contributed by atoms with Crippen LogP contribution in [-0.2, 0) is 10.0 Å². The van der Waals surface area contributed by atoms with E-state index in [0.717, 1.165) is 6.42 Å². The highest BCUT2D eigenvalue weighted by atomic mass is 32.2. The molecular formula is C13H21N3O3S. The fraction of sp³-hybridized carbons (Fsp3) is 0.462. The van der Waals surface area contributed by atoms with Gasteiger partial charge in [0.15, 0.2) is 0 Å². The van der Waals surface area contributed by atoms with Gasteiger partial charge in [-0.25, -0.2) is 8.42 Å². The van der Waals surface area contributed by atoms with E-state index < -0.39 is 10.0 Å². The zero-order chi connectivity index (χ0) is 15.0. The summed E-state index contributed by atoms with van der Waals surface area (Å²) in [6, 6.07) is 6.50. The molecule has 0 aromatic heterocycles. The van der Waals surface area contributed by atoms with E-state index in [9.17, 15) is 13.2 Å². The Kier molecular flexibility index (Phi) is 6.47. The molecule has 112 valence electrons. The van der Waals surface area contributed by atoms with Crippen LogP contribution in [0.15, 0.2) is 24.3 Å². The van der Waals surface area contributed by atoms with Crippen LogP contribution in [0.2, 0.25) is 0 Å². The van der Waals surface area contributed by atoms with E-state index in [0.29, 0.717) is 25.1 Å². The summed E-state index contributed by atoms with van der Waals surface area (Å²) in [6.45, 7) is 2.59. The van der Waals surface area contributed by atoms with Crippen LogP contribution in [0.1, 0.15) is 30.1 Å². The van der Waals surface area contributed by atoms with Crippen LogP contribution in [0.25, 0.3) is 0 Å². The van der Waals surface area contributed by atoms with Crippen molar-refractivity contribution in [2.45, 2.75) is 19.8 Å². The number of para-hydroxylation sites is 1. The zero-order valence-corrected chi connectivity index (χ0v) is 12.4. The molecule has 0 aliphatic heterocycles. The van der Waals surface area contributed by atoms with Gasteiger partial charge in [0.25, 0.3) is 5.91 Å². The van der Waals surface area contributed by atoms with Gasteiger partial charge in [0.1, 0.15) is 0 Å². The largest absolute Gasteiger partial charge is 0.351 e. The van der Waals surface area contributed by atoms with Gasteiger partial charge in [-0.3, -0.25) is 9.52 Å². The third kappa shape index (κ3) is 5.18. The minimum atomic E-state index is -3.43. The summed E-state index contributed by atoms with van der Waals surface area (Å²) in [5.74, 6) is -0.299. The lowest BCUT2D eigenvalue weighted by Crippen LogP contribution is -2.30. The van der Waals surface area contributed by atoms with Gasteiger partial charge in [0.05, 0.1) is 17.0 Å². The van der Waals surface area contributed by atoms with Crippen LogP contribution >= 0.6 is 0 Å². The second-order valence-corrected chi connectivity index (χ2v) is 6.21. The quantitative estimate of drug-likeness (QED) is 0.664. The number of sulfonamides is 1. The summed E-state index contributed by atoms with van der Waals surface area (Å²) in [4.78, 5) is 11.9. The number of amides is 1. The van der Waals surface area contributed by atoms with E-state index in [4.69, 9.17) is 5.73 Å². The highest BCUT2D eigenvalue weighted by Gasteiger charge is 2.15. The summed E-state index contributed by atoms with van der Waals surface area (Å²) in [7, 11) is -3.43. The monoisotopic (exact) mass is 299 g/mol. The smallest absolute Gasteiger partial charge is 0.253 e. The van der Waals surface area contributed by atoms with Crippen LogP contribution in [0, 0.1) is 0 Å². The van der Waals surface area contributed by atoms with Gasteiger partial charge in [0, 0.05) is 13.1 Å². The van der Waals surface area contributed by atoms with Crippen LogP contribution in [-0.4, -0.2) is 33.2 Å². The highest BCUT2D eigenvalue weighted by Crippen LogP contribution is 2.17. The predicted octanol–water partition coefficient (Wildman–Crippen LogP) is 0.917. The maximum absolute atomic E-state index is 11.9. The standard InChI is InChI=1S/C13H21N3O3S/c1-2-3-10-20(18,19)16-12-7-5-4-6-11(12)13(17)15-9-8-14/h4-7,16H,2-3,8-10,14H2,1H3,(H,15,17). The maximum Gasteiger partial charge on any atom is 0.253 e. The number of carbonyl (C=O) groups excluding carboxylic acids is 1. The average Bonchev–Trinajstić information content (AvgIpc) is 2.43. The molecule has 0 aliphatic rings. The highest BCUT2D eigenvalue weighted by molar-refractivity contribution is 7.92. The second kappa shape index (κ2) is 7.86. The Morgan fingerprint density at radius 1 is 1.30 bits per heavy atom. The first-order valence-electron chi connectivity index (χ1n) is 6.58. The number of carbonyl (C=O) groups is 1. The van der Waals surface area contributed by atoms with Crippen molar-refractivity contribution < 1.29 is 13.2 Å². The SMILES string of the molecule is CCCCS(=O)(=O)Nc1ccccc1C(=O)NCCN. The number of anilines is 1. The number of nitrogens with two attached hydrogens (primary N) is 1. The first-order valence-corrected chi connectivity index (χ1v) is 8.23. The van der Waals surface area contributed by atoms with Crippen molar-refractivity contribution in [3.8, 4) is 0 Å². The molecule has 1 rings (SSSR count). The molecule has 0 saturated carbocycles. The lowest BCUT2D eigenvalue weighted by molar-refractivity contribution is 0.0955. The Balaban J connectivity index is 2.88. The van der Waals surface area contributed by atoms with Gasteiger partial charge >= 0.3 is 0 Å². The first kappa shape index (κ1) is 16.5. The van der Waals surface area contributed by atoms with Gasteiger partial charge < -0.3 is 11.1 Å². The Bertz CT molecular complexity index is 544. The number of benzene rings is 1. The molecule has 0 unspecified atom stereocenters. The summed E-state index contributed by atoms with van der Waals surface area (Å²) >= 11 is 0. The van der Waals surface area contributed by atoms with Gasteiger partial charge in [0.2, 0.25) is 10.0 Å². The van der Waals surface area contributed by atoms with Crippen LogP contribution in [0.5, 0.6) is 0 Å². The van der Waals surface area contributed by atoms with Crippen molar-refractivity contribution in [3.63, 3.8) is 0 Å². The lowest BCUT2D eigenvalue weighted by atomic mass is 10.1. The maximum atomic E-state index is 11.9.